The van der Waals surface area contributed by atoms with E-state index < -0.39 is 11.8 Å². The van der Waals surface area contributed by atoms with E-state index in [1.54, 1.807) is 12.1 Å². The molecule has 6 nitrogen and oxygen atoms in total. The van der Waals surface area contributed by atoms with Crippen LogP contribution in [0.2, 0.25) is 0 Å². The lowest BCUT2D eigenvalue weighted by Crippen LogP contribution is -2.18. The van der Waals surface area contributed by atoms with Crippen molar-refractivity contribution in [2.24, 2.45) is 5.73 Å². The zero-order valence-corrected chi connectivity index (χ0v) is 14.4. The topological polar surface area (TPSA) is 90.7 Å². The minimum absolute atomic E-state index is 0.0447. The average Bonchev–Trinajstić information content (AvgIpc) is 2.88. The third kappa shape index (κ3) is 3.15. The molecule has 6 heteroatoms. The van der Waals surface area contributed by atoms with Crippen LogP contribution in [-0.4, -0.2) is 25.5 Å². The average molecular weight is 340 g/mol. The molecule has 0 aromatic heterocycles. The third-order valence-corrected chi connectivity index (χ3v) is 4.29. The van der Waals surface area contributed by atoms with Crippen LogP contribution in [0.4, 0.5) is 5.69 Å². The highest BCUT2D eigenvalue weighted by Crippen LogP contribution is 2.39. The summed E-state index contributed by atoms with van der Waals surface area (Å²) >= 11 is 0. The van der Waals surface area contributed by atoms with Gasteiger partial charge in [-0.25, -0.2) is 0 Å². The van der Waals surface area contributed by atoms with Crippen molar-refractivity contribution >= 4 is 17.5 Å². The molecule has 0 spiro atoms. The number of carbonyl (C=O) groups is 2. The first-order valence-corrected chi connectivity index (χ1v) is 7.88. The zero-order valence-electron chi connectivity index (χ0n) is 14.4. The molecule has 0 unspecified atom stereocenters. The van der Waals surface area contributed by atoms with E-state index in [2.05, 4.69) is 19.2 Å². The van der Waals surface area contributed by atoms with Gasteiger partial charge in [0.1, 0.15) is 11.5 Å². The van der Waals surface area contributed by atoms with Gasteiger partial charge in [0.2, 0.25) is 5.91 Å². The summed E-state index contributed by atoms with van der Waals surface area (Å²) in [7, 11) is 1.46. The molecule has 2 aromatic rings. The van der Waals surface area contributed by atoms with Crippen LogP contribution in [0, 0.1) is 0 Å². The van der Waals surface area contributed by atoms with Gasteiger partial charge >= 0.3 is 0 Å². The molecule has 0 bridgehead atoms. The van der Waals surface area contributed by atoms with Crippen LogP contribution in [0.15, 0.2) is 36.4 Å². The summed E-state index contributed by atoms with van der Waals surface area (Å²) in [4.78, 5) is 24.0. The predicted molar refractivity (Wildman–Crippen MR) is 94.4 cm³/mol. The van der Waals surface area contributed by atoms with Crippen molar-refractivity contribution in [2.45, 2.75) is 19.3 Å². The Kier molecular flexibility index (Phi) is 4.12. The molecular formula is C19H20N2O4. The molecule has 3 rings (SSSR count). The summed E-state index contributed by atoms with van der Waals surface area (Å²) in [6.07, 6.45) is 0. The Bertz CT molecular complexity index is 858. The lowest BCUT2D eigenvalue weighted by molar-refractivity contribution is 0.1000. The third-order valence-electron chi connectivity index (χ3n) is 4.29. The Labute approximate surface area is 145 Å². The fourth-order valence-electron chi connectivity index (χ4n) is 2.85. The van der Waals surface area contributed by atoms with E-state index in [0.29, 0.717) is 18.0 Å². The highest BCUT2D eigenvalue weighted by molar-refractivity contribution is 6.08. The van der Waals surface area contributed by atoms with Gasteiger partial charge in [-0.2, -0.15) is 0 Å². The second-order valence-electron chi connectivity index (χ2n) is 6.62. The van der Waals surface area contributed by atoms with E-state index in [4.69, 9.17) is 15.2 Å². The maximum absolute atomic E-state index is 12.6. The van der Waals surface area contributed by atoms with Gasteiger partial charge in [-0.3, -0.25) is 9.59 Å². The van der Waals surface area contributed by atoms with Crippen LogP contribution in [-0.2, 0) is 5.41 Å². The van der Waals surface area contributed by atoms with Gasteiger partial charge in [0.25, 0.3) is 5.91 Å². The number of anilines is 1. The first-order valence-electron chi connectivity index (χ1n) is 7.88. The van der Waals surface area contributed by atoms with E-state index in [1.807, 2.05) is 12.1 Å². The van der Waals surface area contributed by atoms with Crippen LogP contribution in [0.3, 0.4) is 0 Å². The Morgan fingerprint density at radius 1 is 1.20 bits per heavy atom. The lowest BCUT2D eigenvalue weighted by Gasteiger charge is -2.15. The number of hydrogen-bond acceptors (Lipinski definition) is 4. The molecule has 2 amide bonds. The molecule has 2 aromatic carbocycles. The molecule has 0 atom stereocenters. The van der Waals surface area contributed by atoms with Crippen molar-refractivity contribution in [1.29, 1.82) is 0 Å². The fraction of sp³-hybridized carbons (Fsp3) is 0.263. The maximum atomic E-state index is 12.6. The highest BCUT2D eigenvalue weighted by atomic mass is 16.5. The molecule has 3 N–H and O–H groups in total. The molecule has 130 valence electrons. The number of hydrogen-bond donors (Lipinski definition) is 2. The molecule has 1 heterocycles. The normalized spacial score (nSPS) is 14.4. The van der Waals surface area contributed by atoms with Crippen LogP contribution in [0.5, 0.6) is 11.5 Å². The van der Waals surface area contributed by atoms with Crippen LogP contribution in [0.1, 0.15) is 40.1 Å². The minimum atomic E-state index is -0.607. The van der Waals surface area contributed by atoms with E-state index >= 15 is 0 Å². The Hall–Kier alpha value is -3.02. The second kappa shape index (κ2) is 6.12. The van der Waals surface area contributed by atoms with Crippen molar-refractivity contribution < 1.29 is 19.1 Å². The van der Waals surface area contributed by atoms with Crippen molar-refractivity contribution in [3.05, 3.63) is 53.1 Å². The van der Waals surface area contributed by atoms with E-state index in [9.17, 15) is 9.59 Å². The maximum Gasteiger partial charge on any atom is 0.259 e. The Balaban J connectivity index is 1.88. The molecule has 0 saturated carbocycles. The van der Waals surface area contributed by atoms with Gasteiger partial charge in [-0.1, -0.05) is 19.9 Å². The highest BCUT2D eigenvalue weighted by Gasteiger charge is 2.31. The largest absolute Gasteiger partial charge is 0.496 e. The molecule has 0 aliphatic carbocycles. The summed E-state index contributed by atoms with van der Waals surface area (Å²) in [6.45, 7) is 4.82. The van der Waals surface area contributed by atoms with Crippen LogP contribution < -0.4 is 20.5 Å². The zero-order chi connectivity index (χ0) is 18.2. The standard InChI is InChI=1S/C19H20N2O4/c1-19(2)10-25-16-9-12(5-6-14(16)19)21-18(23)13-8-11(17(20)22)4-7-15(13)24-3/h4-9H,10H2,1-3H3,(H2,20,22)(H,21,23). The number of nitrogens with one attached hydrogen (secondary N) is 1. The second-order valence-corrected chi connectivity index (χ2v) is 6.62. The summed E-state index contributed by atoms with van der Waals surface area (Å²) in [6, 6.07) is 10.1. The molecule has 1 aliphatic rings. The minimum Gasteiger partial charge on any atom is -0.496 e. The van der Waals surface area contributed by atoms with Gasteiger partial charge in [0.15, 0.2) is 0 Å². The fourth-order valence-corrected chi connectivity index (χ4v) is 2.85. The Morgan fingerprint density at radius 3 is 2.64 bits per heavy atom. The molecule has 1 aliphatic heterocycles. The number of benzene rings is 2. The van der Waals surface area contributed by atoms with Gasteiger partial charge in [-0.05, 0) is 24.3 Å². The summed E-state index contributed by atoms with van der Waals surface area (Å²) < 4.78 is 10.9. The monoisotopic (exact) mass is 340 g/mol. The molecule has 0 radical (unpaired) electrons. The number of methoxy groups -OCH3 is 1. The molecule has 25 heavy (non-hydrogen) atoms. The van der Waals surface area contributed by atoms with Crippen LogP contribution >= 0.6 is 0 Å². The SMILES string of the molecule is COc1ccc(C(N)=O)cc1C(=O)Nc1ccc2c(c1)OCC2(C)C. The lowest BCUT2D eigenvalue weighted by atomic mass is 9.87. The van der Waals surface area contributed by atoms with Crippen molar-refractivity contribution in [3.8, 4) is 11.5 Å². The van der Waals surface area contributed by atoms with Gasteiger partial charge < -0.3 is 20.5 Å². The van der Waals surface area contributed by atoms with Gasteiger partial charge in [-0.15, -0.1) is 0 Å². The molecule has 0 saturated heterocycles. The number of rotatable bonds is 4. The van der Waals surface area contributed by atoms with Crippen molar-refractivity contribution in [1.82, 2.24) is 0 Å². The number of primary amides is 1. The number of carbonyl (C=O) groups excluding carboxylic acids is 2. The first-order chi connectivity index (χ1) is 11.8. The number of ether oxygens (including phenoxy) is 2. The van der Waals surface area contributed by atoms with Gasteiger partial charge in [0, 0.05) is 28.3 Å². The predicted octanol–water partition coefficient (Wildman–Crippen LogP) is 2.72. The Morgan fingerprint density at radius 2 is 1.96 bits per heavy atom. The smallest absolute Gasteiger partial charge is 0.259 e. The molecular weight excluding hydrogens is 320 g/mol. The van der Waals surface area contributed by atoms with Crippen molar-refractivity contribution in [3.63, 3.8) is 0 Å². The number of amides is 2. The quantitative estimate of drug-likeness (QED) is 0.895. The van der Waals surface area contributed by atoms with E-state index in [1.165, 1.54) is 19.2 Å². The van der Waals surface area contributed by atoms with E-state index in [0.717, 1.165) is 11.3 Å². The van der Waals surface area contributed by atoms with Gasteiger partial charge in [0.05, 0.1) is 19.3 Å². The first kappa shape index (κ1) is 16.8. The van der Waals surface area contributed by atoms with Crippen molar-refractivity contribution in [2.75, 3.05) is 19.0 Å². The molecule has 0 fully saturated rings. The van der Waals surface area contributed by atoms with E-state index in [-0.39, 0.29) is 16.5 Å². The number of nitrogens with two attached hydrogens (primary N) is 1. The van der Waals surface area contributed by atoms with Crippen LogP contribution in [0.25, 0.3) is 0 Å². The number of fused-ring (bicyclic) bond motifs is 1. The summed E-state index contributed by atoms with van der Waals surface area (Å²) in [5.41, 5.74) is 7.43. The summed E-state index contributed by atoms with van der Waals surface area (Å²) in [5.74, 6) is 0.128. The summed E-state index contributed by atoms with van der Waals surface area (Å²) in [5, 5.41) is 2.81.